The van der Waals surface area contributed by atoms with Crippen LogP contribution in [0.2, 0.25) is 0 Å². The average molecular weight is 365 g/mol. The fourth-order valence-electron chi connectivity index (χ4n) is 1.94. The lowest BCUT2D eigenvalue weighted by Crippen LogP contribution is -2.05. The van der Waals surface area contributed by atoms with Gasteiger partial charge in [-0.3, -0.25) is 0 Å². The van der Waals surface area contributed by atoms with Gasteiger partial charge >= 0.3 is 0 Å². The second-order valence-electron chi connectivity index (χ2n) is 4.52. The Kier molecular flexibility index (Phi) is 4.12. The van der Waals surface area contributed by atoms with Crippen LogP contribution < -0.4 is 5.73 Å². The van der Waals surface area contributed by atoms with Gasteiger partial charge in [-0.05, 0) is 36.8 Å². The molecule has 0 aliphatic rings. The second kappa shape index (κ2) is 5.85. The van der Waals surface area contributed by atoms with E-state index in [0.717, 1.165) is 19.9 Å². The van der Waals surface area contributed by atoms with Crippen molar-refractivity contribution >= 4 is 49.2 Å². The topological polar surface area (TPSA) is 38.9 Å². The van der Waals surface area contributed by atoms with Crippen LogP contribution in [0, 0.1) is 0 Å². The molecule has 2 nitrogen and oxygen atoms in total. The molecule has 3 aromatic rings. The van der Waals surface area contributed by atoms with Gasteiger partial charge in [-0.1, -0.05) is 45.9 Å². The third kappa shape index (κ3) is 2.91. The largest absolute Gasteiger partial charge is 0.324 e. The average Bonchev–Trinajstić information content (AvgIpc) is 2.80. The molecule has 0 radical (unpaired) electrons. The molecule has 0 spiro atoms. The molecule has 20 heavy (non-hydrogen) atoms. The molecule has 0 saturated heterocycles. The molecule has 0 fully saturated rings. The number of rotatable bonds is 3. The van der Waals surface area contributed by atoms with E-state index in [9.17, 15) is 0 Å². The van der Waals surface area contributed by atoms with E-state index in [-0.39, 0.29) is 6.04 Å². The van der Waals surface area contributed by atoms with Crippen LogP contribution in [0.4, 0.5) is 0 Å². The minimum Gasteiger partial charge on any atom is -0.324 e. The maximum atomic E-state index is 5.92. The summed E-state index contributed by atoms with van der Waals surface area (Å²) in [6.45, 7) is 1.99. The Morgan fingerprint density at radius 3 is 2.75 bits per heavy atom. The quantitative estimate of drug-likeness (QED) is 0.691. The fraction of sp³-hybridized carbons (Fsp3) is 0.133. The number of thiazole rings is 1. The summed E-state index contributed by atoms with van der Waals surface area (Å²) in [5.41, 5.74) is 8.11. The summed E-state index contributed by atoms with van der Waals surface area (Å²) in [5.74, 6) is 0. The molecule has 1 atom stereocenters. The van der Waals surface area contributed by atoms with Crippen molar-refractivity contribution in [2.75, 3.05) is 0 Å². The van der Waals surface area contributed by atoms with Crippen molar-refractivity contribution in [3.8, 4) is 0 Å². The second-order valence-corrected chi connectivity index (χ2v) is 7.73. The van der Waals surface area contributed by atoms with Crippen LogP contribution >= 0.6 is 39.0 Å². The molecule has 0 amide bonds. The van der Waals surface area contributed by atoms with Gasteiger partial charge in [-0.25, -0.2) is 4.98 Å². The Bertz CT molecular complexity index is 719. The summed E-state index contributed by atoms with van der Waals surface area (Å²) in [5, 5.41) is 0. The smallest absolute Gasteiger partial charge is 0.155 e. The number of para-hydroxylation sites is 1. The van der Waals surface area contributed by atoms with Crippen molar-refractivity contribution in [1.82, 2.24) is 4.98 Å². The zero-order valence-corrected chi connectivity index (χ0v) is 14.1. The first-order chi connectivity index (χ1) is 9.63. The van der Waals surface area contributed by atoms with Crippen molar-refractivity contribution in [3.05, 3.63) is 52.5 Å². The number of aromatic nitrogens is 1. The van der Waals surface area contributed by atoms with Crippen LogP contribution in [0.5, 0.6) is 0 Å². The van der Waals surface area contributed by atoms with E-state index in [1.807, 2.05) is 25.1 Å². The molecule has 1 heterocycles. The molecule has 0 unspecified atom stereocenters. The Hall–Kier alpha value is -0.880. The maximum absolute atomic E-state index is 5.92. The molecular weight excluding hydrogens is 352 g/mol. The lowest BCUT2D eigenvalue weighted by atomic mass is 10.1. The van der Waals surface area contributed by atoms with Crippen LogP contribution in [0.1, 0.15) is 18.5 Å². The normalized spacial score (nSPS) is 12.8. The molecule has 1 aromatic heterocycles. The van der Waals surface area contributed by atoms with Crippen molar-refractivity contribution < 1.29 is 0 Å². The van der Waals surface area contributed by atoms with Gasteiger partial charge in [-0.15, -0.1) is 11.3 Å². The van der Waals surface area contributed by atoms with Crippen LogP contribution in [-0.4, -0.2) is 4.98 Å². The standard InChI is InChI=1S/C15H13BrN2S2/c1-9(17)11-7-6-10(8-12(11)16)19-15-18-13-4-2-3-5-14(13)20-15/h2-9H,17H2,1H3/t9-/m0/s1. The molecule has 0 aliphatic heterocycles. The lowest BCUT2D eigenvalue weighted by Gasteiger charge is -2.09. The Morgan fingerprint density at radius 2 is 2.05 bits per heavy atom. The van der Waals surface area contributed by atoms with Gasteiger partial charge in [0.1, 0.15) is 0 Å². The van der Waals surface area contributed by atoms with E-state index in [2.05, 4.69) is 45.2 Å². The van der Waals surface area contributed by atoms with Gasteiger partial charge in [0, 0.05) is 15.4 Å². The van der Waals surface area contributed by atoms with Crippen molar-refractivity contribution in [2.45, 2.75) is 22.2 Å². The number of hydrogen-bond acceptors (Lipinski definition) is 4. The Morgan fingerprint density at radius 1 is 1.25 bits per heavy atom. The van der Waals surface area contributed by atoms with Crippen LogP contribution in [0.15, 0.2) is 56.2 Å². The highest BCUT2D eigenvalue weighted by atomic mass is 79.9. The van der Waals surface area contributed by atoms with E-state index < -0.39 is 0 Å². The molecule has 2 N–H and O–H groups in total. The number of benzene rings is 2. The molecule has 0 bridgehead atoms. The molecule has 5 heteroatoms. The SMILES string of the molecule is C[C@H](N)c1ccc(Sc2nc3ccccc3s2)cc1Br. The summed E-state index contributed by atoms with van der Waals surface area (Å²) < 4.78 is 3.34. The highest BCUT2D eigenvalue weighted by Gasteiger charge is 2.09. The van der Waals surface area contributed by atoms with E-state index in [0.29, 0.717) is 0 Å². The summed E-state index contributed by atoms with van der Waals surface area (Å²) in [6, 6.07) is 14.5. The third-order valence-electron chi connectivity index (χ3n) is 2.94. The molecule has 102 valence electrons. The van der Waals surface area contributed by atoms with Gasteiger partial charge in [-0.2, -0.15) is 0 Å². The van der Waals surface area contributed by atoms with Gasteiger partial charge in [0.15, 0.2) is 4.34 Å². The minimum absolute atomic E-state index is 0.0332. The number of hydrogen-bond donors (Lipinski definition) is 1. The van der Waals surface area contributed by atoms with Crippen molar-refractivity contribution in [1.29, 1.82) is 0 Å². The van der Waals surface area contributed by atoms with Gasteiger partial charge in [0.05, 0.1) is 10.2 Å². The third-order valence-corrected chi connectivity index (χ3v) is 5.72. The Balaban J connectivity index is 1.89. The van der Waals surface area contributed by atoms with Crippen LogP contribution in [0.25, 0.3) is 10.2 Å². The maximum Gasteiger partial charge on any atom is 0.155 e. The van der Waals surface area contributed by atoms with E-state index in [1.165, 1.54) is 9.60 Å². The molecule has 3 rings (SSSR count). The number of nitrogens with two attached hydrogens (primary N) is 1. The zero-order valence-electron chi connectivity index (χ0n) is 10.8. The molecule has 2 aromatic carbocycles. The van der Waals surface area contributed by atoms with E-state index in [1.54, 1.807) is 23.1 Å². The molecular formula is C15H13BrN2S2. The van der Waals surface area contributed by atoms with E-state index in [4.69, 9.17) is 5.73 Å². The summed E-state index contributed by atoms with van der Waals surface area (Å²) >= 11 is 6.99. The first-order valence-corrected chi connectivity index (χ1v) is 8.64. The highest BCUT2D eigenvalue weighted by Crippen LogP contribution is 2.36. The lowest BCUT2D eigenvalue weighted by molar-refractivity contribution is 0.811. The van der Waals surface area contributed by atoms with Crippen LogP contribution in [0.3, 0.4) is 0 Å². The number of fused-ring (bicyclic) bond motifs is 1. The zero-order chi connectivity index (χ0) is 14.1. The summed E-state index contributed by atoms with van der Waals surface area (Å²) in [4.78, 5) is 5.80. The monoisotopic (exact) mass is 364 g/mol. The summed E-state index contributed by atoms with van der Waals surface area (Å²) in [6.07, 6.45) is 0. The van der Waals surface area contributed by atoms with Crippen molar-refractivity contribution in [3.63, 3.8) is 0 Å². The van der Waals surface area contributed by atoms with Gasteiger partial charge in [0.2, 0.25) is 0 Å². The minimum atomic E-state index is 0.0332. The predicted octanol–water partition coefficient (Wildman–Crippen LogP) is 5.23. The predicted molar refractivity (Wildman–Crippen MR) is 90.5 cm³/mol. The van der Waals surface area contributed by atoms with Crippen molar-refractivity contribution in [2.24, 2.45) is 5.73 Å². The summed E-state index contributed by atoms with van der Waals surface area (Å²) in [7, 11) is 0. The molecule has 0 aliphatic carbocycles. The highest BCUT2D eigenvalue weighted by molar-refractivity contribution is 9.10. The number of nitrogens with zero attached hydrogens (tertiary/aromatic N) is 1. The van der Waals surface area contributed by atoms with Gasteiger partial charge in [0.25, 0.3) is 0 Å². The first-order valence-electron chi connectivity index (χ1n) is 6.22. The van der Waals surface area contributed by atoms with Crippen LogP contribution in [-0.2, 0) is 0 Å². The molecule has 0 saturated carbocycles. The number of halogens is 1. The van der Waals surface area contributed by atoms with Gasteiger partial charge < -0.3 is 5.73 Å². The van der Waals surface area contributed by atoms with E-state index >= 15 is 0 Å². The Labute approximate surface area is 134 Å². The first kappa shape index (κ1) is 14.1. The fourth-order valence-corrected chi connectivity index (χ4v) is 4.91.